The summed E-state index contributed by atoms with van der Waals surface area (Å²) in [6.45, 7) is 0. The van der Waals surface area contributed by atoms with E-state index in [-0.39, 0.29) is 12.0 Å². The molecule has 0 aliphatic heterocycles. The zero-order valence-corrected chi connectivity index (χ0v) is 11.3. The van der Waals surface area contributed by atoms with E-state index in [2.05, 4.69) is 10.3 Å². The van der Waals surface area contributed by atoms with Crippen molar-refractivity contribution < 1.29 is 18.0 Å². The number of rotatable bonds is 3. The van der Waals surface area contributed by atoms with Gasteiger partial charge in [-0.15, -0.1) is 0 Å². The highest BCUT2D eigenvalue weighted by Crippen LogP contribution is 2.19. The maximum atomic E-state index is 13.1. The quantitative estimate of drug-likeness (QED) is 0.711. The Kier molecular flexibility index (Phi) is 3.58. The molecule has 112 valence electrons. The van der Waals surface area contributed by atoms with Crippen LogP contribution >= 0.6 is 0 Å². The van der Waals surface area contributed by atoms with Crippen LogP contribution in [0.3, 0.4) is 0 Å². The van der Waals surface area contributed by atoms with E-state index in [9.17, 15) is 18.0 Å². The summed E-state index contributed by atoms with van der Waals surface area (Å²) < 4.78 is 39.1. The molecule has 1 heterocycles. The Balaban J connectivity index is 1.74. The van der Waals surface area contributed by atoms with Gasteiger partial charge in [0.1, 0.15) is 0 Å². The van der Waals surface area contributed by atoms with Crippen LogP contribution in [0.2, 0.25) is 0 Å². The number of nitrogens with one attached hydrogen (secondary N) is 2. The molecule has 3 aromatic rings. The molecule has 0 radical (unpaired) electrons. The van der Waals surface area contributed by atoms with E-state index in [4.69, 9.17) is 0 Å². The number of halogens is 3. The summed E-state index contributed by atoms with van der Waals surface area (Å²) in [5.74, 6) is -4.60. The van der Waals surface area contributed by atoms with Crippen LogP contribution in [0.1, 0.15) is 5.56 Å². The van der Waals surface area contributed by atoms with Crippen LogP contribution in [-0.4, -0.2) is 10.9 Å². The van der Waals surface area contributed by atoms with Crippen molar-refractivity contribution >= 4 is 22.5 Å². The van der Waals surface area contributed by atoms with Crippen LogP contribution in [0.15, 0.2) is 42.6 Å². The number of hydrogen-bond donors (Lipinski definition) is 2. The molecule has 0 saturated carbocycles. The maximum absolute atomic E-state index is 13.1. The smallest absolute Gasteiger partial charge is 0.228 e. The molecule has 3 nitrogen and oxygen atoms in total. The van der Waals surface area contributed by atoms with Crippen molar-refractivity contribution in [2.45, 2.75) is 6.42 Å². The largest absolute Gasteiger partial charge is 0.361 e. The zero-order chi connectivity index (χ0) is 15.7. The SMILES string of the molecule is O=C(Cc1cc(F)c(F)c(F)c1)Nc1ccc2[nH]ccc2c1. The van der Waals surface area contributed by atoms with Crippen molar-refractivity contribution in [3.8, 4) is 0 Å². The standard InChI is InChI=1S/C16H11F3N2O/c17-12-5-9(6-13(18)16(12)19)7-15(22)21-11-1-2-14-10(8-11)3-4-20-14/h1-6,8,20H,7H2,(H,21,22). The van der Waals surface area contributed by atoms with Crippen LogP contribution in [0.4, 0.5) is 18.9 Å². The molecule has 0 atom stereocenters. The average Bonchev–Trinajstić information content (AvgIpc) is 2.92. The fourth-order valence-corrected chi connectivity index (χ4v) is 2.23. The molecule has 0 spiro atoms. The first-order chi connectivity index (χ1) is 10.5. The van der Waals surface area contributed by atoms with Gasteiger partial charge in [-0.05, 0) is 42.0 Å². The fourth-order valence-electron chi connectivity index (χ4n) is 2.23. The predicted molar refractivity (Wildman–Crippen MR) is 76.9 cm³/mol. The van der Waals surface area contributed by atoms with Crippen LogP contribution in [0.25, 0.3) is 10.9 Å². The van der Waals surface area contributed by atoms with E-state index < -0.39 is 23.4 Å². The van der Waals surface area contributed by atoms with Crippen molar-refractivity contribution in [2.24, 2.45) is 0 Å². The Morgan fingerprint density at radius 3 is 2.50 bits per heavy atom. The molecule has 0 aliphatic rings. The van der Waals surface area contributed by atoms with Gasteiger partial charge >= 0.3 is 0 Å². The number of carbonyl (C=O) groups excluding carboxylic acids is 1. The average molecular weight is 304 g/mol. The predicted octanol–water partition coefficient (Wildman–Crippen LogP) is 3.77. The number of carbonyl (C=O) groups is 1. The lowest BCUT2D eigenvalue weighted by atomic mass is 10.1. The minimum Gasteiger partial charge on any atom is -0.361 e. The van der Waals surface area contributed by atoms with Gasteiger partial charge in [-0.25, -0.2) is 13.2 Å². The number of aromatic amines is 1. The molecular formula is C16H11F3N2O. The Bertz CT molecular complexity index is 834. The summed E-state index contributed by atoms with van der Waals surface area (Å²) in [5, 5.41) is 3.56. The molecular weight excluding hydrogens is 293 g/mol. The van der Waals surface area contributed by atoms with E-state index in [0.717, 1.165) is 23.0 Å². The number of benzene rings is 2. The Hall–Kier alpha value is -2.76. The van der Waals surface area contributed by atoms with Gasteiger partial charge in [0.2, 0.25) is 5.91 Å². The summed E-state index contributed by atoms with van der Waals surface area (Å²) in [4.78, 5) is 14.9. The highest BCUT2D eigenvalue weighted by molar-refractivity contribution is 5.94. The first-order valence-electron chi connectivity index (χ1n) is 6.53. The second kappa shape index (κ2) is 5.55. The van der Waals surface area contributed by atoms with Gasteiger partial charge in [-0.1, -0.05) is 0 Å². The third-order valence-electron chi connectivity index (χ3n) is 3.25. The maximum Gasteiger partial charge on any atom is 0.228 e. The van der Waals surface area contributed by atoms with Crippen LogP contribution in [0, 0.1) is 17.5 Å². The molecule has 3 rings (SSSR count). The fraction of sp³-hybridized carbons (Fsp3) is 0.0625. The number of aromatic nitrogens is 1. The number of hydrogen-bond acceptors (Lipinski definition) is 1. The zero-order valence-electron chi connectivity index (χ0n) is 11.3. The first kappa shape index (κ1) is 14.2. The molecule has 0 bridgehead atoms. The van der Waals surface area contributed by atoms with Gasteiger partial charge in [0.15, 0.2) is 17.5 Å². The van der Waals surface area contributed by atoms with Gasteiger partial charge in [-0.3, -0.25) is 4.79 Å². The molecule has 1 aromatic heterocycles. The van der Waals surface area contributed by atoms with Crippen LogP contribution in [0.5, 0.6) is 0 Å². The monoisotopic (exact) mass is 304 g/mol. The summed E-state index contributed by atoms with van der Waals surface area (Å²) in [6, 6.07) is 8.77. The molecule has 6 heteroatoms. The molecule has 0 unspecified atom stereocenters. The number of fused-ring (bicyclic) bond motifs is 1. The van der Waals surface area contributed by atoms with Crippen molar-refractivity contribution in [3.05, 3.63) is 65.6 Å². The van der Waals surface area contributed by atoms with E-state index in [1.165, 1.54) is 0 Å². The highest BCUT2D eigenvalue weighted by Gasteiger charge is 2.13. The van der Waals surface area contributed by atoms with E-state index in [1.54, 1.807) is 18.3 Å². The summed E-state index contributed by atoms with van der Waals surface area (Å²) in [5.41, 5.74) is 1.57. The van der Waals surface area contributed by atoms with Gasteiger partial charge in [-0.2, -0.15) is 0 Å². The third kappa shape index (κ3) is 2.81. The molecule has 1 amide bonds. The van der Waals surface area contributed by atoms with Gasteiger partial charge in [0, 0.05) is 22.8 Å². The highest BCUT2D eigenvalue weighted by atomic mass is 19.2. The first-order valence-corrected chi connectivity index (χ1v) is 6.53. The van der Waals surface area contributed by atoms with E-state index in [0.29, 0.717) is 5.69 Å². The molecule has 22 heavy (non-hydrogen) atoms. The molecule has 2 aromatic carbocycles. The van der Waals surface area contributed by atoms with E-state index in [1.807, 2.05) is 12.1 Å². The minimum absolute atomic E-state index is 0.0663. The Morgan fingerprint density at radius 2 is 1.77 bits per heavy atom. The Labute approximate surface area is 123 Å². The second-order valence-corrected chi connectivity index (χ2v) is 4.88. The second-order valence-electron chi connectivity index (χ2n) is 4.88. The van der Waals surface area contributed by atoms with Crippen molar-refractivity contribution in [1.29, 1.82) is 0 Å². The lowest BCUT2D eigenvalue weighted by molar-refractivity contribution is -0.115. The molecule has 2 N–H and O–H groups in total. The van der Waals surface area contributed by atoms with Gasteiger partial charge in [0.25, 0.3) is 0 Å². The Morgan fingerprint density at radius 1 is 1.05 bits per heavy atom. The summed E-state index contributed by atoms with van der Waals surface area (Å²) in [6.07, 6.45) is 1.53. The lowest BCUT2D eigenvalue weighted by Crippen LogP contribution is -2.14. The normalized spacial score (nSPS) is 10.9. The van der Waals surface area contributed by atoms with Gasteiger partial charge < -0.3 is 10.3 Å². The van der Waals surface area contributed by atoms with Crippen LogP contribution in [-0.2, 0) is 11.2 Å². The van der Waals surface area contributed by atoms with Gasteiger partial charge in [0.05, 0.1) is 6.42 Å². The summed E-state index contributed by atoms with van der Waals surface area (Å²) in [7, 11) is 0. The topological polar surface area (TPSA) is 44.9 Å². The van der Waals surface area contributed by atoms with Crippen molar-refractivity contribution in [1.82, 2.24) is 4.98 Å². The minimum atomic E-state index is -1.54. The molecule has 0 aliphatic carbocycles. The molecule has 0 saturated heterocycles. The summed E-state index contributed by atoms with van der Waals surface area (Å²) >= 11 is 0. The van der Waals surface area contributed by atoms with E-state index >= 15 is 0 Å². The van der Waals surface area contributed by atoms with Crippen LogP contribution < -0.4 is 5.32 Å². The number of amides is 1. The molecule has 0 fully saturated rings. The van der Waals surface area contributed by atoms with Crippen molar-refractivity contribution in [3.63, 3.8) is 0 Å². The lowest BCUT2D eigenvalue weighted by Gasteiger charge is -2.06. The third-order valence-corrected chi connectivity index (χ3v) is 3.25. The van der Waals surface area contributed by atoms with Crippen molar-refractivity contribution in [2.75, 3.05) is 5.32 Å². The number of anilines is 1. The number of H-pyrrole nitrogens is 1.